The van der Waals surface area contributed by atoms with E-state index in [0.29, 0.717) is 24.9 Å². The van der Waals surface area contributed by atoms with Crippen LogP contribution in [-0.4, -0.2) is 47.3 Å². The van der Waals surface area contributed by atoms with Gasteiger partial charge in [-0.05, 0) is 45.1 Å². The van der Waals surface area contributed by atoms with Crippen LogP contribution in [0.25, 0.3) is 0 Å². The van der Waals surface area contributed by atoms with Crippen molar-refractivity contribution in [3.63, 3.8) is 0 Å². The number of hydrogen-bond acceptors (Lipinski definition) is 5. The van der Waals surface area contributed by atoms with Gasteiger partial charge in [0.25, 0.3) is 5.56 Å². The first-order chi connectivity index (χ1) is 13.0. The number of piperidine rings is 1. The van der Waals surface area contributed by atoms with Gasteiger partial charge in [-0.3, -0.25) is 14.4 Å². The molecule has 0 aliphatic carbocycles. The number of aromatic nitrogens is 4. The van der Waals surface area contributed by atoms with Crippen LogP contribution in [0.5, 0.6) is 0 Å². The highest BCUT2D eigenvalue weighted by Gasteiger charge is 2.47. The molecule has 0 saturated carbocycles. The summed E-state index contributed by atoms with van der Waals surface area (Å²) in [6.45, 7) is 6.14. The average molecular weight is 371 g/mol. The topological polar surface area (TPSA) is 76.2 Å². The van der Waals surface area contributed by atoms with Gasteiger partial charge in [-0.2, -0.15) is 10.2 Å². The van der Waals surface area contributed by atoms with Crippen LogP contribution in [-0.2, 0) is 19.6 Å². The highest BCUT2D eigenvalue weighted by atomic mass is 16.3. The molecule has 1 N–H and O–H groups in total. The summed E-state index contributed by atoms with van der Waals surface area (Å²) in [7, 11) is 0. The van der Waals surface area contributed by atoms with Crippen molar-refractivity contribution in [2.24, 2.45) is 0 Å². The van der Waals surface area contributed by atoms with Crippen molar-refractivity contribution < 1.29 is 5.11 Å². The lowest BCUT2D eigenvalue weighted by atomic mass is 9.85. The van der Waals surface area contributed by atoms with Crippen molar-refractivity contribution in [2.75, 3.05) is 0 Å². The lowest BCUT2D eigenvalue weighted by molar-refractivity contribution is -0.0677. The van der Waals surface area contributed by atoms with E-state index in [1.807, 2.05) is 17.8 Å². The molecule has 0 aromatic carbocycles. The Bertz CT molecular complexity index is 844. The van der Waals surface area contributed by atoms with E-state index < -0.39 is 5.60 Å². The molecule has 2 aliphatic rings. The minimum Gasteiger partial charge on any atom is -0.388 e. The largest absolute Gasteiger partial charge is 0.388 e. The van der Waals surface area contributed by atoms with E-state index in [4.69, 9.17) is 0 Å². The second-order valence-electron chi connectivity index (χ2n) is 8.27. The van der Waals surface area contributed by atoms with Gasteiger partial charge in [-0.1, -0.05) is 6.92 Å². The maximum atomic E-state index is 12.1. The summed E-state index contributed by atoms with van der Waals surface area (Å²) in [6, 6.07) is 3.95. The van der Waals surface area contributed by atoms with Crippen molar-refractivity contribution in [2.45, 2.75) is 83.3 Å². The van der Waals surface area contributed by atoms with E-state index in [1.165, 1.54) is 16.3 Å². The molecular formula is C20H29N5O2. The van der Waals surface area contributed by atoms with Crippen molar-refractivity contribution in [3.05, 3.63) is 46.1 Å². The van der Waals surface area contributed by atoms with Crippen LogP contribution in [0.3, 0.4) is 0 Å². The van der Waals surface area contributed by atoms with Crippen LogP contribution in [0.2, 0.25) is 0 Å². The molecule has 0 radical (unpaired) electrons. The van der Waals surface area contributed by atoms with E-state index in [0.717, 1.165) is 38.0 Å². The minimum atomic E-state index is -0.862. The monoisotopic (exact) mass is 371 g/mol. The molecule has 2 saturated heterocycles. The molecular weight excluding hydrogens is 342 g/mol. The van der Waals surface area contributed by atoms with E-state index in [1.54, 1.807) is 6.07 Å². The molecule has 4 heterocycles. The van der Waals surface area contributed by atoms with E-state index >= 15 is 0 Å². The summed E-state index contributed by atoms with van der Waals surface area (Å²) >= 11 is 0. The third kappa shape index (κ3) is 3.84. The molecule has 7 nitrogen and oxygen atoms in total. The van der Waals surface area contributed by atoms with Gasteiger partial charge in [0.2, 0.25) is 0 Å². The maximum Gasteiger partial charge on any atom is 0.266 e. The Kier molecular flexibility index (Phi) is 4.90. The molecule has 146 valence electrons. The van der Waals surface area contributed by atoms with E-state index in [9.17, 15) is 9.90 Å². The summed E-state index contributed by atoms with van der Waals surface area (Å²) in [5.74, 6) is 0. The molecule has 4 rings (SSSR count). The van der Waals surface area contributed by atoms with Crippen LogP contribution in [0.1, 0.15) is 50.3 Å². The second-order valence-corrected chi connectivity index (χ2v) is 8.27. The molecule has 2 aromatic rings. The van der Waals surface area contributed by atoms with Gasteiger partial charge < -0.3 is 5.11 Å². The zero-order valence-corrected chi connectivity index (χ0v) is 16.2. The fraction of sp³-hybridized carbons (Fsp3) is 0.650. The fourth-order valence-corrected chi connectivity index (χ4v) is 4.79. The first-order valence-electron chi connectivity index (χ1n) is 10.00. The number of fused-ring (bicyclic) bond motifs is 2. The number of aliphatic hydroxyl groups is 1. The fourth-order valence-electron chi connectivity index (χ4n) is 4.79. The highest BCUT2D eigenvalue weighted by Crippen LogP contribution is 2.42. The summed E-state index contributed by atoms with van der Waals surface area (Å²) in [6.07, 6.45) is 8.77. The van der Waals surface area contributed by atoms with Gasteiger partial charge in [-0.25, -0.2) is 4.68 Å². The molecule has 0 spiro atoms. The van der Waals surface area contributed by atoms with Gasteiger partial charge in [0.1, 0.15) is 0 Å². The molecule has 0 amide bonds. The first kappa shape index (κ1) is 18.4. The molecule has 2 aliphatic heterocycles. The highest BCUT2D eigenvalue weighted by molar-refractivity contribution is 5.09. The summed E-state index contributed by atoms with van der Waals surface area (Å²) < 4.78 is 3.44. The van der Waals surface area contributed by atoms with E-state index in [2.05, 4.69) is 28.2 Å². The predicted octanol–water partition coefficient (Wildman–Crippen LogP) is 1.72. The molecule has 7 heteroatoms. The van der Waals surface area contributed by atoms with Gasteiger partial charge >= 0.3 is 0 Å². The Hall–Kier alpha value is -1.99. The quantitative estimate of drug-likeness (QED) is 0.837. The lowest BCUT2D eigenvalue weighted by Gasteiger charge is -2.43. The average Bonchev–Trinajstić information content (AvgIpc) is 3.15. The number of hydrogen-bond donors (Lipinski definition) is 1. The van der Waals surface area contributed by atoms with Crippen LogP contribution in [0, 0.1) is 6.92 Å². The van der Waals surface area contributed by atoms with Gasteiger partial charge in [-0.15, -0.1) is 0 Å². The van der Waals surface area contributed by atoms with Crippen LogP contribution < -0.4 is 5.56 Å². The Labute approximate surface area is 159 Å². The minimum absolute atomic E-state index is 0.146. The molecule has 2 bridgehead atoms. The number of nitrogens with zero attached hydrogens (tertiary/aromatic N) is 5. The van der Waals surface area contributed by atoms with Crippen molar-refractivity contribution >= 4 is 0 Å². The predicted molar refractivity (Wildman–Crippen MR) is 102 cm³/mol. The molecule has 2 fully saturated rings. The maximum absolute atomic E-state index is 12.1. The molecule has 0 unspecified atom stereocenters. The summed E-state index contributed by atoms with van der Waals surface area (Å²) in [4.78, 5) is 14.6. The zero-order chi connectivity index (χ0) is 19.0. The van der Waals surface area contributed by atoms with Crippen LogP contribution in [0.15, 0.2) is 29.3 Å². The Morgan fingerprint density at radius 1 is 1.26 bits per heavy atom. The van der Waals surface area contributed by atoms with Crippen molar-refractivity contribution in [1.29, 1.82) is 0 Å². The van der Waals surface area contributed by atoms with Crippen LogP contribution in [0.4, 0.5) is 0 Å². The van der Waals surface area contributed by atoms with Crippen molar-refractivity contribution in [1.82, 2.24) is 24.5 Å². The Morgan fingerprint density at radius 2 is 2.00 bits per heavy atom. The molecule has 2 atom stereocenters. The zero-order valence-electron chi connectivity index (χ0n) is 16.2. The second kappa shape index (κ2) is 7.20. The standard InChI is InChI=1S/C20H29N5O2/c1-3-8-23-12-16(11-21-23)13-24-17-5-6-18(24)10-20(27,9-17)14-25-19(26)7-4-15(2)22-25/h4,7,11-12,17-18,27H,3,5-6,8-10,13-14H2,1-2H3/t17-,18-/m1/s1. The van der Waals surface area contributed by atoms with Gasteiger partial charge in [0.05, 0.1) is 24.0 Å². The number of rotatable bonds is 6. The first-order valence-corrected chi connectivity index (χ1v) is 10.00. The SMILES string of the molecule is CCCn1cc(CN2[C@@H]3CC[C@@H]2CC(O)(Cn2nc(C)ccc2=O)C3)cn1. The van der Waals surface area contributed by atoms with E-state index in [-0.39, 0.29) is 12.1 Å². The summed E-state index contributed by atoms with van der Waals surface area (Å²) in [5.41, 5.74) is 1.02. The third-order valence-corrected chi connectivity index (χ3v) is 5.95. The summed E-state index contributed by atoms with van der Waals surface area (Å²) in [5, 5.41) is 20.0. The lowest BCUT2D eigenvalue weighted by Crippen LogP contribution is -2.53. The van der Waals surface area contributed by atoms with Gasteiger partial charge in [0.15, 0.2) is 0 Å². The number of aryl methyl sites for hydroxylation is 2. The normalized spacial score (nSPS) is 28.0. The Morgan fingerprint density at radius 3 is 2.70 bits per heavy atom. The Balaban J connectivity index is 1.46. The van der Waals surface area contributed by atoms with Crippen LogP contribution >= 0.6 is 0 Å². The third-order valence-electron chi connectivity index (χ3n) is 5.95. The molecule has 27 heavy (non-hydrogen) atoms. The molecule has 2 aromatic heterocycles. The van der Waals surface area contributed by atoms with Crippen molar-refractivity contribution in [3.8, 4) is 0 Å². The smallest absolute Gasteiger partial charge is 0.266 e. The van der Waals surface area contributed by atoms with Gasteiger partial charge in [0, 0.05) is 43.0 Å².